The average molecular weight is 643 g/mol. The van der Waals surface area contributed by atoms with E-state index in [4.69, 9.17) is 4.74 Å². The third-order valence-electron chi connectivity index (χ3n) is 9.13. The molecule has 1 aromatic carbocycles. The number of ether oxygens (including phenoxy) is 1. The summed E-state index contributed by atoms with van der Waals surface area (Å²) in [5.74, 6) is 0.322. The van der Waals surface area contributed by atoms with E-state index < -0.39 is 0 Å². The monoisotopic (exact) mass is 643 g/mol. The SMILES string of the molecule is CCCCCCCCCCCCCNC(=O)c1ccc(C(=O)NCCCCCCCCCCCCC)c(OCCCCCCC)c1. The van der Waals surface area contributed by atoms with E-state index in [0.29, 0.717) is 36.6 Å². The summed E-state index contributed by atoms with van der Waals surface area (Å²) >= 11 is 0. The van der Waals surface area contributed by atoms with Gasteiger partial charge in [-0.3, -0.25) is 9.59 Å². The van der Waals surface area contributed by atoms with E-state index >= 15 is 0 Å². The van der Waals surface area contributed by atoms with E-state index in [1.165, 1.54) is 135 Å². The summed E-state index contributed by atoms with van der Waals surface area (Å²) in [7, 11) is 0. The Morgan fingerprint density at radius 3 is 1.28 bits per heavy atom. The molecule has 0 saturated heterocycles. The lowest BCUT2D eigenvalue weighted by Gasteiger charge is -2.14. The molecule has 0 unspecified atom stereocenters. The van der Waals surface area contributed by atoms with Crippen LogP contribution in [0.15, 0.2) is 18.2 Å². The molecular formula is C41H74N2O3. The van der Waals surface area contributed by atoms with Crippen LogP contribution in [0.1, 0.15) is 215 Å². The van der Waals surface area contributed by atoms with Crippen LogP contribution in [0, 0.1) is 0 Å². The fourth-order valence-corrected chi connectivity index (χ4v) is 6.04. The number of unbranched alkanes of at least 4 members (excludes halogenated alkanes) is 24. The molecule has 1 aromatic rings. The van der Waals surface area contributed by atoms with E-state index in [0.717, 1.165) is 38.5 Å². The molecule has 0 aliphatic carbocycles. The molecule has 266 valence electrons. The second kappa shape index (κ2) is 31.6. The van der Waals surface area contributed by atoms with Gasteiger partial charge in [-0.25, -0.2) is 0 Å². The Morgan fingerprint density at radius 1 is 0.478 bits per heavy atom. The molecule has 0 aliphatic heterocycles. The zero-order valence-electron chi connectivity index (χ0n) is 30.7. The molecule has 2 amide bonds. The first-order valence-corrected chi connectivity index (χ1v) is 20.0. The Labute approximate surface area is 285 Å². The van der Waals surface area contributed by atoms with Gasteiger partial charge in [-0.05, 0) is 37.5 Å². The summed E-state index contributed by atoms with van der Waals surface area (Å²) in [6.45, 7) is 8.67. The molecule has 0 saturated carbocycles. The van der Waals surface area contributed by atoms with Crippen molar-refractivity contribution in [3.05, 3.63) is 29.3 Å². The normalized spacial score (nSPS) is 11.1. The summed E-state index contributed by atoms with van der Waals surface area (Å²) in [5.41, 5.74) is 1.09. The Bertz CT molecular complexity index is 856. The minimum absolute atomic E-state index is 0.0900. The molecule has 0 heterocycles. The number of amides is 2. The summed E-state index contributed by atoms with van der Waals surface area (Å²) in [4.78, 5) is 26.0. The van der Waals surface area contributed by atoms with Crippen molar-refractivity contribution in [1.29, 1.82) is 0 Å². The predicted octanol–water partition coefficient (Wildman–Crippen LogP) is 12.1. The van der Waals surface area contributed by atoms with Crippen molar-refractivity contribution in [3.63, 3.8) is 0 Å². The summed E-state index contributed by atoms with van der Waals surface area (Å²) < 4.78 is 6.12. The second-order valence-corrected chi connectivity index (χ2v) is 13.6. The average Bonchev–Trinajstić information content (AvgIpc) is 3.07. The molecule has 0 fully saturated rings. The lowest BCUT2D eigenvalue weighted by molar-refractivity contribution is 0.0937. The largest absolute Gasteiger partial charge is 0.493 e. The lowest BCUT2D eigenvalue weighted by atomic mass is 10.1. The van der Waals surface area contributed by atoms with Crippen LogP contribution in [0.25, 0.3) is 0 Å². The topological polar surface area (TPSA) is 67.4 Å². The van der Waals surface area contributed by atoms with Crippen molar-refractivity contribution in [3.8, 4) is 5.75 Å². The Kier molecular flexibility index (Phi) is 28.8. The van der Waals surface area contributed by atoms with Gasteiger partial charge in [0.2, 0.25) is 0 Å². The molecule has 46 heavy (non-hydrogen) atoms. The number of nitrogens with one attached hydrogen (secondary N) is 2. The highest BCUT2D eigenvalue weighted by Gasteiger charge is 2.16. The number of benzene rings is 1. The smallest absolute Gasteiger partial charge is 0.255 e. The Morgan fingerprint density at radius 2 is 0.848 bits per heavy atom. The van der Waals surface area contributed by atoms with Crippen LogP contribution in [0.3, 0.4) is 0 Å². The van der Waals surface area contributed by atoms with E-state index in [1.54, 1.807) is 18.2 Å². The van der Waals surface area contributed by atoms with E-state index in [1.807, 2.05) is 0 Å². The molecule has 5 heteroatoms. The van der Waals surface area contributed by atoms with Gasteiger partial charge < -0.3 is 15.4 Å². The van der Waals surface area contributed by atoms with Gasteiger partial charge >= 0.3 is 0 Å². The van der Waals surface area contributed by atoms with Gasteiger partial charge in [-0.1, -0.05) is 175 Å². The fraction of sp³-hybridized carbons (Fsp3) is 0.805. The van der Waals surface area contributed by atoms with Gasteiger partial charge in [0.05, 0.1) is 12.2 Å². The third-order valence-corrected chi connectivity index (χ3v) is 9.13. The molecule has 0 aliphatic rings. The molecule has 2 N–H and O–H groups in total. The molecule has 0 aromatic heterocycles. The molecular weight excluding hydrogens is 568 g/mol. The van der Waals surface area contributed by atoms with Crippen LogP contribution in [-0.2, 0) is 0 Å². The maximum atomic E-state index is 13.1. The van der Waals surface area contributed by atoms with Crippen LogP contribution in [0.4, 0.5) is 0 Å². The van der Waals surface area contributed by atoms with Gasteiger partial charge in [0.25, 0.3) is 11.8 Å². The summed E-state index contributed by atoms with van der Waals surface area (Å²) in [5, 5.41) is 6.17. The zero-order chi connectivity index (χ0) is 33.3. The number of carbonyl (C=O) groups is 2. The summed E-state index contributed by atoms with van der Waals surface area (Å²) in [6, 6.07) is 5.29. The van der Waals surface area contributed by atoms with Crippen LogP contribution in [0.2, 0.25) is 0 Å². The van der Waals surface area contributed by atoms with Crippen LogP contribution in [0.5, 0.6) is 5.75 Å². The minimum atomic E-state index is -0.110. The number of hydrogen-bond acceptors (Lipinski definition) is 3. The Hall–Kier alpha value is -2.04. The number of rotatable bonds is 33. The van der Waals surface area contributed by atoms with Crippen LogP contribution < -0.4 is 15.4 Å². The molecule has 1 rings (SSSR count). The maximum Gasteiger partial charge on any atom is 0.255 e. The summed E-state index contributed by atoms with van der Waals surface area (Å²) in [6.07, 6.45) is 34.1. The van der Waals surface area contributed by atoms with Gasteiger partial charge in [0, 0.05) is 18.7 Å². The van der Waals surface area contributed by atoms with Crippen LogP contribution >= 0.6 is 0 Å². The quantitative estimate of drug-likeness (QED) is 0.0750. The number of carbonyl (C=O) groups excluding carboxylic acids is 2. The van der Waals surface area contributed by atoms with E-state index in [2.05, 4.69) is 31.4 Å². The van der Waals surface area contributed by atoms with Gasteiger partial charge in [-0.2, -0.15) is 0 Å². The molecule has 0 bridgehead atoms. The lowest BCUT2D eigenvalue weighted by Crippen LogP contribution is -2.26. The van der Waals surface area contributed by atoms with Gasteiger partial charge in [-0.15, -0.1) is 0 Å². The Balaban J connectivity index is 2.42. The molecule has 5 nitrogen and oxygen atoms in total. The zero-order valence-corrected chi connectivity index (χ0v) is 30.7. The number of hydrogen-bond donors (Lipinski definition) is 2. The van der Waals surface area contributed by atoms with Crippen molar-refractivity contribution in [2.45, 2.75) is 194 Å². The van der Waals surface area contributed by atoms with Crippen LogP contribution in [-0.4, -0.2) is 31.5 Å². The maximum absolute atomic E-state index is 13.1. The predicted molar refractivity (Wildman–Crippen MR) is 198 cm³/mol. The highest BCUT2D eigenvalue weighted by atomic mass is 16.5. The molecule has 0 spiro atoms. The van der Waals surface area contributed by atoms with E-state index in [-0.39, 0.29) is 11.8 Å². The minimum Gasteiger partial charge on any atom is -0.493 e. The van der Waals surface area contributed by atoms with Crippen molar-refractivity contribution in [1.82, 2.24) is 10.6 Å². The first-order chi connectivity index (χ1) is 22.6. The molecule has 0 radical (unpaired) electrons. The highest BCUT2D eigenvalue weighted by Crippen LogP contribution is 2.22. The third kappa shape index (κ3) is 23.3. The van der Waals surface area contributed by atoms with E-state index in [9.17, 15) is 9.59 Å². The van der Waals surface area contributed by atoms with Gasteiger partial charge in [0.15, 0.2) is 0 Å². The van der Waals surface area contributed by atoms with Crippen molar-refractivity contribution < 1.29 is 14.3 Å². The highest BCUT2D eigenvalue weighted by molar-refractivity contribution is 6.00. The standard InChI is InChI=1S/C41H74N2O3/c1-4-7-10-13-15-17-19-21-23-25-28-33-42-40(44)37-31-32-38(39(36-37)46-35-30-27-12-9-6-3)41(45)43-34-29-26-24-22-20-18-16-14-11-8-5-2/h31-32,36H,4-30,33-35H2,1-3H3,(H,42,44)(H,43,45). The van der Waals surface area contributed by atoms with Crippen molar-refractivity contribution in [2.75, 3.05) is 19.7 Å². The second-order valence-electron chi connectivity index (χ2n) is 13.6. The van der Waals surface area contributed by atoms with Crippen molar-refractivity contribution in [2.24, 2.45) is 0 Å². The molecule has 0 atom stereocenters. The van der Waals surface area contributed by atoms with Gasteiger partial charge in [0.1, 0.15) is 5.75 Å². The first-order valence-electron chi connectivity index (χ1n) is 20.0. The van der Waals surface area contributed by atoms with Crippen molar-refractivity contribution >= 4 is 11.8 Å². The fourth-order valence-electron chi connectivity index (χ4n) is 6.04. The first kappa shape index (κ1) is 42.0.